The van der Waals surface area contributed by atoms with Crippen LogP contribution in [0.25, 0.3) is 11.3 Å². The molecular formula is C20H26FN3OS. The third-order valence-electron chi connectivity index (χ3n) is 5.75. The number of thiazole rings is 1. The zero-order valence-electron chi connectivity index (χ0n) is 15.2. The molecule has 26 heavy (non-hydrogen) atoms. The van der Waals surface area contributed by atoms with Crippen molar-refractivity contribution in [3.63, 3.8) is 0 Å². The quantitative estimate of drug-likeness (QED) is 0.811. The molecule has 0 saturated carbocycles. The molecule has 2 aliphatic heterocycles. The zero-order chi connectivity index (χ0) is 17.9. The van der Waals surface area contributed by atoms with Crippen molar-refractivity contribution in [2.45, 2.75) is 25.8 Å². The lowest BCUT2D eigenvalue weighted by Gasteiger charge is -2.41. The lowest BCUT2D eigenvalue weighted by molar-refractivity contribution is 0.00449. The van der Waals surface area contributed by atoms with Gasteiger partial charge in [-0.15, -0.1) is 11.3 Å². The van der Waals surface area contributed by atoms with Crippen LogP contribution in [0.3, 0.4) is 0 Å². The monoisotopic (exact) mass is 375 g/mol. The zero-order valence-corrected chi connectivity index (χ0v) is 16.1. The van der Waals surface area contributed by atoms with Crippen molar-refractivity contribution < 1.29 is 9.13 Å². The molecule has 3 heterocycles. The van der Waals surface area contributed by atoms with Gasteiger partial charge in [-0.1, -0.05) is 0 Å². The van der Waals surface area contributed by atoms with Crippen LogP contribution < -0.4 is 4.90 Å². The van der Waals surface area contributed by atoms with Crippen LogP contribution in [0.5, 0.6) is 0 Å². The first-order chi connectivity index (χ1) is 12.7. The van der Waals surface area contributed by atoms with E-state index in [0.29, 0.717) is 6.04 Å². The SMILES string of the molecule is C[C@H](C1CCN(c2nc(-c3ccc(F)cc3)cs2)CC1)N1CCOCC1. The highest BCUT2D eigenvalue weighted by Gasteiger charge is 2.29. The summed E-state index contributed by atoms with van der Waals surface area (Å²) in [7, 11) is 0. The number of aromatic nitrogens is 1. The van der Waals surface area contributed by atoms with E-state index in [1.807, 2.05) is 0 Å². The number of morpholine rings is 1. The Morgan fingerprint density at radius 2 is 1.81 bits per heavy atom. The van der Waals surface area contributed by atoms with E-state index < -0.39 is 0 Å². The summed E-state index contributed by atoms with van der Waals surface area (Å²) >= 11 is 1.69. The number of nitrogens with zero attached hydrogens (tertiary/aromatic N) is 3. The van der Waals surface area contributed by atoms with Gasteiger partial charge in [0.2, 0.25) is 0 Å². The van der Waals surface area contributed by atoms with Crippen molar-refractivity contribution in [2.75, 3.05) is 44.3 Å². The van der Waals surface area contributed by atoms with Crippen molar-refractivity contribution in [3.8, 4) is 11.3 Å². The molecule has 4 rings (SSSR count). The molecule has 1 atom stereocenters. The minimum Gasteiger partial charge on any atom is -0.379 e. The van der Waals surface area contributed by atoms with Crippen LogP contribution in [0.1, 0.15) is 19.8 Å². The average Bonchev–Trinajstić information content (AvgIpc) is 3.19. The van der Waals surface area contributed by atoms with Gasteiger partial charge < -0.3 is 9.64 Å². The first-order valence-corrected chi connectivity index (χ1v) is 10.4. The van der Waals surface area contributed by atoms with E-state index in [4.69, 9.17) is 9.72 Å². The van der Waals surface area contributed by atoms with Crippen LogP contribution in [0.4, 0.5) is 9.52 Å². The highest BCUT2D eigenvalue weighted by atomic mass is 32.1. The van der Waals surface area contributed by atoms with Gasteiger partial charge in [-0.05, 0) is 49.9 Å². The van der Waals surface area contributed by atoms with Crippen LogP contribution in [-0.2, 0) is 4.74 Å². The first-order valence-electron chi connectivity index (χ1n) is 9.49. The second-order valence-electron chi connectivity index (χ2n) is 7.24. The Balaban J connectivity index is 1.35. The van der Waals surface area contributed by atoms with Gasteiger partial charge in [0.05, 0.1) is 18.9 Å². The second-order valence-corrected chi connectivity index (χ2v) is 8.07. The molecule has 2 aliphatic rings. The lowest BCUT2D eigenvalue weighted by Crippen LogP contribution is -2.48. The third-order valence-corrected chi connectivity index (χ3v) is 6.65. The lowest BCUT2D eigenvalue weighted by atomic mass is 9.89. The molecule has 0 bridgehead atoms. The fourth-order valence-electron chi connectivity index (χ4n) is 4.02. The summed E-state index contributed by atoms with van der Waals surface area (Å²) in [6.45, 7) is 8.37. The number of halogens is 1. The van der Waals surface area contributed by atoms with E-state index in [-0.39, 0.29) is 5.82 Å². The van der Waals surface area contributed by atoms with Crippen molar-refractivity contribution in [3.05, 3.63) is 35.5 Å². The summed E-state index contributed by atoms with van der Waals surface area (Å²) in [6.07, 6.45) is 2.42. The first kappa shape index (κ1) is 17.9. The van der Waals surface area contributed by atoms with Gasteiger partial charge in [0, 0.05) is 43.2 Å². The summed E-state index contributed by atoms with van der Waals surface area (Å²) in [5.41, 5.74) is 1.92. The van der Waals surface area contributed by atoms with Crippen LogP contribution in [-0.4, -0.2) is 55.3 Å². The van der Waals surface area contributed by atoms with Crippen LogP contribution in [0.2, 0.25) is 0 Å². The molecule has 2 saturated heterocycles. The van der Waals surface area contributed by atoms with E-state index in [0.717, 1.165) is 61.7 Å². The van der Waals surface area contributed by atoms with E-state index >= 15 is 0 Å². The molecule has 0 spiro atoms. The van der Waals surface area contributed by atoms with Gasteiger partial charge in [-0.2, -0.15) is 0 Å². The molecule has 140 valence electrons. The fourth-order valence-corrected chi connectivity index (χ4v) is 4.91. The summed E-state index contributed by atoms with van der Waals surface area (Å²) in [5, 5.41) is 3.16. The Morgan fingerprint density at radius 1 is 1.12 bits per heavy atom. The molecule has 0 radical (unpaired) electrons. The number of hydrogen-bond acceptors (Lipinski definition) is 5. The number of piperidine rings is 1. The largest absolute Gasteiger partial charge is 0.379 e. The molecule has 0 N–H and O–H groups in total. The maximum absolute atomic E-state index is 13.1. The van der Waals surface area contributed by atoms with Gasteiger partial charge in [-0.25, -0.2) is 9.37 Å². The smallest absolute Gasteiger partial charge is 0.185 e. The Hall–Kier alpha value is -1.50. The average molecular weight is 376 g/mol. The van der Waals surface area contributed by atoms with Crippen molar-refractivity contribution in [1.82, 2.24) is 9.88 Å². The predicted molar refractivity (Wildman–Crippen MR) is 104 cm³/mol. The molecule has 1 aromatic heterocycles. The summed E-state index contributed by atoms with van der Waals surface area (Å²) < 4.78 is 18.6. The maximum Gasteiger partial charge on any atom is 0.185 e. The predicted octanol–water partition coefficient (Wildman–Crippen LogP) is 3.89. The van der Waals surface area contributed by atoms with E-state index in [1.54, 1.807) is 23.5 Å². The summed E-state index contributed by atoms with van der Waals surface area (Å²) in [5.74, 6) is 0.543. The Morgan fingerprint density at radius 3 is 2.50 bits per heavy atom. The van der Waals surface area contributed by atoms with Crippen LogP contribution in [0, 0.1) is 11.7 Å². The van der Waals surface area contributed by atoms with Crippen LogP contribution in [0.15, 0.2) is 29.6 Å². The maximum atomic E-state index is 13.1. The molecule has 0 unspecified atom stereocenters. The molecule has 2 aromatic rings. The second kappa shape index (κ2) is 8.03. The molecule has 4 nitrogen and oxygen atoms in total. The minimum atomic E-state index is -0.208. The van der Waals surface area contributed by atoms with E-state index in [1.165, 1.54) is 25.0 Å². The number of ether oxygens (including phenoxy) is 1. The molecule has 1 aromatic carbocycles. The molecular weight excluding hydrogens is 349 g/mol. The molecule has 0 aliphatic carbocycles. The van der Waals surface area contributed by atoms with Crippen molar-refractivity contribution in [1.29, 1.82) is 0 Å². The number of rotatable bonds is 4. The Bertz CT molecular complexity index is 706. The van der Waals surface area contributed by atoms with Gasteiger partial charge in [0.15, 0.2) is 5.13 Å². The highest BCUT2D eigenvalue weighted by molar-refractivity contribution is 7.14. The topological polar surface area (TPSA) is 28.6 Å². The highest BCUT2D eigenvalue weighted by Crippen LogP contribution is 2.32. The van der Waals surface area contributed by atoms with Gasteiger partial charge in [0.25, 0.3) is 0 Å². The summed E-state index contributed by atoms with van der Waals surface area (Å²) in [4.78, 5) is 9.77. The summed E-state index contributed by atoms with van der Waals surface area (Å²) in [6, 6.07) is 7.21. The fraction of sp³-hybridized carbons (Fsp3) is 0.550. The Labute approximate surface area is 158 Å². The van der Waals surface area contributed by atoms with E-state index in [2.05, 4.69) is 22.1 Å². The van der Waals surface area contributed by atoms with E-state index in [9.17, 15) is 4.39 Å². The molecule has 2 fully saturated rings. The van der Waals surface area contributed by atoms with Gasteiger partial charge >= 0.3 is 0 Å². The Kier molecular flexibility index (Phi) is 5.52. The number of hydrogen-bond donors (Lipinski definition) is 0. The van der Waals surface area contributed by atoms with Crippen LogP contribution >= 0.6 is 11.3 Å². The molecule has 6 heteroatoms. The molecule has 0 amide bonds. The van der Waals surface area contributed by atoms with Gasteiger partial charge in [-0.3, -0.25) is 4.90 Å². The van der Waals surface area contributed by atoms with Crippen molar-refractivity contribution >= 4 is 16.5 Å². The third kappa shape index (κ3) is 3.92. The number of benzene rings is 1. The van der Waals surface area contributed by atoms with Crippen molar-refractivity contribution in [2.24, 2.45) is 5.92 Å². The van der Waals surface area contributed by atoms with Gasteiger partial charge in [0.1, 0.15) is 5.82 Å². The minimum absolute atomic E-state index is 0.208. The standard InChI is InChI=1S/C20H26FN3OS/c1-15(23-10-12-25-13-11-23)16-6-8-24(9-7-16)20-22-19(14-26-20)17-2-4-18(21)5-3-17/h2-5,14-16H,6-13H2,1H3/t15-/m1/s1. The normalized spacial score (nSPS) is 21.1. The number of anilines is 1.